The number of rotatable bonds is 6. The number of nitrogens with one attached hydrogen (secondary N) is 1. The van der Waals surface area contributed by atoms with E-state index in [2.05, 4.69) is 41.5 Å². The van der Waals surface area contributed by atoms with Crippen molar-refractivity contribution in [3.8, 4) is 11.3 Å². The van der Waals surface area contributed by atoms with Crippen LogP contribution in [-0.4, -0.2) is 16.1 Å². The van der Waals surface area contributed by atoms with Crippen LogP contribution in [-0.2, 0) is 11.2 Å². The zero-order valence-electron chi connectivity index (χ0n) is 14.5. The van der Waals surface area contributed by atoms with E-state index < -0.39 is 0 Å². The minimum atomic E-state index is -0.272. The molecule has 0 aliphatic rings. The second kappa shape index (κ2) is 8.71. The van der Waals surface area contributed by atoms with Crippen molar-refractivity contribution < 1.29 is 4.79 Å². The molecule has 0 aliphatic carbocycles. The van der Waals surface area contributed by atoms with Gasteiger partial charge in [0.2, 0.25) is 5.91 Å². The van der Waals surface area contributed by atoms with Crippen LogP contribution in [0.1, 0.15) is 19.4 Å². The minimum absolute atomic E-state index is 0.0860. The Morgan fingerprint density at radius 1 is 1.23 bits per heavy atom. The van der Waals surface area contributed by atoms with E-state index in [1.54, 1.807) is 0 Å². The Hall–Kier alpha value is -1.82. The molecule has 134 valence electrons. The summed E-state index contributed by atoms with van der Waals surface area (Å²) in [7, 11) is 0. The molecule has 1 heterocycles. The molecule has 6 heteroatoms. The van der Waals surface area contributed by atoms with Crippen LogP contribution in [0, 0.1) is 0 Å². The van der Waals surface area contributed by atoms with Crippen molar-refractivity contribution in [1.29, 1.82) is 0 Å². The summed E-state index contributed by atoms with van der Waals surface area (Å²) < 4.78 is 0. The number of carbonyl (C=O) groups is 1. The smallest absolute Gasteiger partial charge is 0.239 e. The topological polar surface area (TPSA) is 42.0 Å². The number of nitrogens with zero attached hydrogens (tertiary/aromatic N) is 1. The highest BCUT2D eigenvalue weighted by atomic mass is 35.5. The molecule has 0 spiro atoms. The summed E-state index contributed by atoms with van der Waals surface area (Å²) in [5, 5.41) is 5.85. The van der Waals surface area contributed by atoms with E-state index in [1.807, 2.05) is 36.6 Å². The normalized spacial score (nSPS) is 12.0. The van der Waals surface area contributed by atoms with E-state index in [0.717, 1.165) is 22.6 Å². The van der Waals surface area contributed by atoms with Gasteiger partial charge < -0.3 is 5.32 Å². The third-order valence-corrected chi connectivity index (χ3v) is 6.28. The standard InChI is InChI=1S/C20H19ClN2OS2/c1-3-14-8-10-15(11-9-14)17-12-25-20(22-17)23-19(24)13(2)26-18-7-5-4-6-16(18)21/h4-13H,3H2,1-2H3,(H,22,23,24)/t13-/m0/s1. The van der Waals surface area contributed by atoms with Gasteiger partial charge in [0.1, 0.15) is 0 Å². The molecule has 2 aromatic carbocycles. The van der Waals surface area contributed by atoms with E-state index in [0.29, 0.717) is 10.2 Å². The lowest BCUT2D eigenvalue weighted by atomic mass is 10.1. The summed E-state index contributed by atoms with van der Waals surface area (Å²) >= 11 is 9.03. The van der Waals surface area contributed by atoms with Gasteiger partial charge in [-0.1, -0.05) is 54.9 Å². The van der Waals surface area contributed by atoms with Crippen LogP contribution < -0.4 is 5.32 Å². The van der Waals surface area contributed by atoms with Crippen molar-refractivity contribution in [2.45, 2.75) is 30.4 Å². The summed E-state index contributed by atoms with van der Waals surface area (Å²) in [6, 6.07) is 15.9. The fraction of sp³-hybridized carbons (Fsp3) is 0.200. The second-order valence-electron chi connectivity index (χ2n) is 5.77. The number of thiazole rings is 1. The molecule has 0 radical (unpaired) electrons. The Morgan fingerprint density at radius 3 is 2.65 bits per heavy atom. The molecule has 1 aromatic heterocycles. The first-order valence-electron chi connectivity index (χ1n) is 8.33. The Bertz CT molecular complexity index is 893. The van der Waals surface area contributed by atoms with Gasteiger partial charge in [0.15, 0.2) is 5.13 Å². The first-order chi connectivity index (χ1) is 12.6. The molecule has 0 bridgehead atoms. The zero-order chi connectivity index (χ0) is 18.5. The van der Waals surface area contributed by atoms with Crippen molar-refractivity contribution in [1.82, 2.24) is 4.98 Å². The van der Waals surface area contributed by atoms with Crippen molar-refractivity contribution in [2.24, 2.45) is 0 Å². The van der Waals surface area contributed by atoms with Crippen molar-refractivity contribution in [2.75, 3.05) is 5.32 Å². The predicted molar refractivity (Wildman–Crippen MR) is 112 cm³/mol. The van der Waals surface area contributed by atoms with E-state index in [9.17, 15) is 4.79 Å². The number of anilines is 1. The lowest BCUT2D eigenvalue weighted by molar-refractivity contribution is -0.115. The molecular formula is C20H19ClN2OS2. The Balaban J connectivity index is 1.64. The van der Waals surface area contributed by atoms with Crippen LogP contribution in [0.5, 0.6) is 0 Å². The van der Waals surface area contributed by atoms with Gasteiger partial charge in [-0.15, -0.1) is 23.1 Å². The van der Waals surface area contributed by atoms with E-state index in [1.165, 1.54) is 28.7 Å². The molecule has 3 aromatic rings. The Morgan fingerprint density at radius 2 is 1.96 bits per heavy atom. The highest BCUT2D eigenvalue weighted by Gasteiger charge is 2.17. The molecule has 1 atom stereocenters. The fourth-order valence-corrected chi connectivity index (χ4v) is 4.24. The Labute approximate surface area is 166 Å². The average molecular weight is 403 g/mol. The predicted octanol–water partition coefficient (Wildman–Crippen LogP) is 6.15. The third kappa shape index (κ3) is 4.67. The van der Waals surface area contributed by atoms with Gasteiger partial charge in [0.25, 0.3) is 0 Å². The van der Waals surface area contributed by atoms with Crippen molar-refractivity contribution in [3.05, 3.63) is 64.5 Å². The first-order valence-corrected chi connectivity index (χ1v) is 10.5. The molecule has 0 aliphatic heterocycles. The Kier molecular flexibility index (Phi) is 6.35. The van der Waals surface area contributed by atoms with Crippen molar-refractivity contribution >= 4 is 45.7 Å². The molecule has 3 rings (SSSR count). The molecule has 1 N–H and O–H groups in total. The molecule has 0 unspecified atom stereocenters. The van der Waals surface area contributed by atoms with Gasteiger partial charge in [0.05, 0.1) is 16.0 Å². The van der Waals surface area contributed by atoms with Gasteiger partial charge in [-0.05, 0) is 31.0 Å². The van der Waals surface area contributed by atoms with Crippen LogP contribution in [0.2, 0.25) is 5.02 Å². The van der Waals surface area contributed by atoms with E-state index in [4.69, 9.17) is 11.6 Å². The van der Waals surface area contributed by atoms with E-state index >= 15 is 0 Å². The lowest BCUT2D eigenvalue weighted by Gasteiger charge is -2.11. The quantitative estimate of drug-likeness (QED) is 0.503. The summed E-state index contributed by atoms with van der Waals surface area (Å²) in [6.45, 7) is 3.99. The maximum Gasteiger partial charge on any atom is 0.239 e. The fourth-order valence-electron chi connectivity index (χ4n) is 2.37. The molecule has 0 saturated heterocycles. The number of amides is 1. The average Bonchev–Trinajstić information content (AvgIpc) is 3.12. The summed E-state index contributed by atoms with van der Waals surface area (Å²) in [5.74, 6) is -0.0860. The largest absolute Gasteiger partial charge is 0.301 e. The number of hydrogen-bond acceptors (Lipinski definition) is 4. The number of carbonyl (C=O) groups excluding carboxylic acids is 1. The molecule has 26 heavy (non-hydrogen) atoms. The number of aromatic nitrogens is 1. The molecular weight excluding hydrogens is 384 g/mol. The molecule has 1 amide bonds. The number of benzene rings is 2. The maximum absolute atomic E-state index is 12.4. The van der Waals surface area contributed by atoms with Crippen LogP contribution >= 0.6 is 34.7 Å². The number of aryl methyl sites for hydroxylation is 1. The van der Waals surface area contributed by atoms with Gasteiger partial charge >= 0.3 is 0 Å². The summed E-state index contributed by atoms with van der Waals surface area (Å²) in [6.07, 6.45) is 1.01. The number of halogens is 1. The van der Waals surface area contributed by atoms with Crippen LogP contribution in [0.25, 0.3) is 11.3 Å². The minimum Gasteiger partial charge on any atom is -0.301 e. The highest BCUT2D eigenvalue weighted by molar-refractivity contribution is 8.00. The van der Waals surface area contributed by atoms with Crippen LogP contribution in [0.4, 0.5) is 5.13 Å². The SMILES string of the molecule is CCc1ccc(-c2csc(NC(=O)[C@H](C)Sc3ccccc3Cl)n2)cc1. The third-order valence-electron chi connectivity index (χ3n) is 3.90. The van der Waals surface area contributed by atoms with Crippen LogP contribution in [0.15, 0.2) is 58.8 Å². The summed E-state index contributed by atoms with van der Waals surface area (Å²) in [5.41, 5.74) is 3.22. The van der Waals surface area contributed by atoms with E-state index in [-0.39, 0.29) is 11.2 Å². The first kappa shape index (κ1) is 19.0. The lowest BCUT2D eigenvalue weighted by Crippen LogP contribution is -2.22. The highest BCUT2D eigenvalue weighted by Crippen LogP contribution is 2.31. The van der Waals surface area contributed by atoms with Crippen LogP contribution in [0.3, 0.4) is 0 Å². The van der Waals surface area contributed by atoms with Gasteiger partial charge in [0, 0.05) is 15.8 Å². The summed E-state index contributed by atoms with van der Waals surface area (Å²) in [4.78, 5) is 17.9. The van der Waals surface area contributed by atoms with Crippen molar-refractivity contribution in [3.63, 3.8) is 0 Å². The van der Waals surface area contributed by atoms with Gasteiger partial charge in [-0.2, -0.15) is 0 Å². The van der Waals surface area contributed by atoms with Gasteiger partial charge in [-0.25, -0.2) is 4.98 Å². The number of thioether (sulfide) groups is 1. The molecule has 0 fully saturated rings. The maximum atomic E-state index is 12.4. The molecule has 3 nitrogen and oxygen atoms in total. The van der Waals surface area contributed by atoms with Gasteiger partial charge in [-0.3, -0.25) is 4.79 Å². The number of hydrogen-bond donors (Lipinski definition) is 1. The second-order valence-corrected chi connectivity index (χ2v) is 8.42. The zero-order valence-corrected chi connectivity index (χ0v) is 16.9. The monoisotopic (exact) mass is 402 g/mol. The molecule has 0 saturated carbocycles.